The number of aryl methyl sites for hydroxylation is 1. The first-order valence-corrected chi connectivity index (χ1v) is 15.1. The van der Waals surface area contributed by atoms with Crippen LogP contribution >= 0.6 is 0 Å². The number of allylic oxidation sites excluding steroid dienone is 3. The zero-order valence-corrected chi connectivity index (χ0v) is 24.4. The molecule has 2 heterocycles. The van der Waals surface area contributed by atoms with Crippen LogP contribution in [0.2, 0.25) is 0 Å². The summed E-state index contributed by atoms with van der Waals surface area (Å²) in [6, 6.07) is 10.9. The molecule has 0 aliphatic heterocycles. The lowest BCUT2D eigenvalue weighted by Gasteiger charge is -2.32. The Kier molecular flexibility index (Phi) is 8.78. The van der Waals surface area contributed by atoms with Gasteiger partial charge in [-0.1, -0.05) is 69.7 Å². The first kappa shape index (κ1) is 30.4. The summed E-state index contributed by atoms with van der Waals surface area (Å²) < 4.78 is 29.0. The van der Waals surface area contributed by atoms with Crippen molar-refractivity contribution in [3.05, 3.63) is 99.8 Å². The lowest BCUT2D eigenvalue weighted by Crippen LogP contribution is -2.35. The number of nitrogens with zero attached hydrogens (tertiary/aromatic N) is 4. The second-order valence-electron chi connectivity index (χ2n) is 10.4. The molecule has 0 radical (unpaired) electrons. The molecule has 0 saturated carbocycles. The van der Waals surface area contributed by atoms with E-state index in [0.717, 1.165) is 6.42 Å². The molecule has 218 valence electrons. The second kappa shape index (κ2) is 12.1. The van der Waals surface area contributed by atoms with Gasteiger partial charge < -0.3 is 10.2 Å². The number of benzene rings is 1. The minimum atomic E-state index is -4.65. The van der Waals surface area contributed by atoms with Crippen molar-refractivity contribution in [1.82, 2.24) is 14.5 Å². The number of pyridine rings is 1. The predicted molar refractivity (Wildman–Crippen MR) is 155 cm³/mol. The third kappa shape index (κ3) is 5.50. The molecule has 0 amide bonds. The Morgan fingerprint density at radius 2 is 1.98 bits per heavy atom. The van der Waals surface area contributed by atoms with Crippen molar-refractivity contribution in [3.63, 3.8) is 0 Å². The average Bonchev–Trinajstić information content (AvgIpc) is 2.97. The molecule has 10 nitrogen and oxygen atoms in total. The molecular weight excluding hydrogens is 556 g/mol. The van der Waals surface area contributed by atoms with Crippen LogP contribution in [0.4, 0.5) is 0 Å². The van der Waals surface area contributed by atoms with Crippen molar-refractivity contribution < 1.29 is 23.4 Å². The van der Waals surface area contributed by atoms with Gasteiger partial charge in [0.25, 0.3) is 5.56 Å². The van der Waals surface area contributed by atoms with E-state index in [-0.39, 0.29) is 5.82 Å². The van der Waals surface area contributed by atoms with E-state index in [1.165, 1.54) is 22.9 Å². The summed E-state index contributed by atoms with van der Waals surface area (Å²) >= 11 is 0. The fourth-order valence-corrected chi connectivity index (χ4v) is 6.58. The third-order valence-corrected chi connectivity index (χ3v) is 9.35. The van der Waals surface area contributed by atoms with Gasteiger partial charge in [0.05, 0.1) is 23.6 Å². The van der Waals surface area contributed by atoms with Crippen LogP contribution in [0.5, 0.6) is 5.88 Å². The minimum Gasteiger partial charge on any atom is -0.493 e. The summed E-state index contributed by atoms with van der Waals surface area (Å²) in [4.78, 5) is 32.4. The summed E-state index contributed by atoms with van der Waals surface area (Å²) in [7, 11) is -4.65. The number of aromatic hydroxyl groups is 1. The van der Waals surface area contributed by atoms with E-state index < -0.39 is 54.5 Å². The Morgan fingerprint density at radius 1 is 1.21 bits per heavy atom. The molecule has 1 aliphatic carbocycles. The molecule has 3 atom stereocenters. The molecule has 0 saturated heterocycles. The molecular formula is C31H32N4O6S. The van der Waals surface area contributed by atoms with E-state index in [1.807, 2.05) is 13.8 Å². The van der Waals surface area contributed by atoms with E-state index in [1.54, 1.807) is 55.5 Å². The third-order valence-electron chi connectivity index (χ3n) is 7.66. The Hall–Kier alpha value is -4.56. The maximum atomic E-state index is 13.8. The average molecular weight is 589 g/mol. The molecule has 2 unspecified atom stereocenters. The summed E-state index contributed by atoms with van der Waals surface area (Å²) in [5.41, 5.74) is -0.572. The second-order valence-corrected chi connectivity index (χ2v) is 12.2. The summed E-state index contributed by atoms with van der Waals surface area (Å²) in [6.07, 6.45) is 10.0. The number of rotatable bonds is 10. The molecule has 4 rings (SSSR count). The van der Waals surface area contributed by atoms with Gasteiger partial charge in [-0.25, -0.2) is 13.4 Å². The van der Waals surface area contributed by atoms with Crippen LogP contribution in [0, 0.1) is 17.2 Å². The number of aromatic nitrogens is 3. The van der Waals surface area contributed by atoms with Crippen molar-refractivity contribution in [1.29, 1.82) is 5.26 Å². The Labute approximate surface area is 244 Å². The van der Waals surface area contributed by atoms with E-state index >= 15 is 0 Å². The maximum Gasteiger partial charge on any atom is 0.311 e. The van der Waals surface area contributed by atoms with Crippen LogP contribution in [0.15, 0.2) is 81.6 Å². The number of sulfone groups is 1. The molecule has 1 aromatic carbocycles. The van der Waals surface area contributed by atoms with Gasteiger partial charge in [0.15, 0.2) is 5.03 Å². The van der Waals surface area contributed by atoms with Crippen molar-refractivity contribution >= 4 is 15.8 Å². The number of hydrogen-bond donors (Lipinski definition) is 2. The summed E-state index contributed by atoms with van der Waals surface area (Å²) in [5, 5.41) is 30.1. The lowest BCUT2D eigenvalue weighted by atomic mass is 9.70. The highest BCUT2D eigenvalue weighted by atomic mass is 32.2. The van der Waals surface area contributed by atoms with Crippen LogP contribution in [0.3, 0.4) is 0 Å². The number of unbranched alkanes of at least 4 members (excludes halogenated alkanes) is 1. The lowest BCUT2D eigenvalue weighted by molar-refractivity contribution is -0.141. The summed E-state index contributed by atoms with van der Waals surface area (Å²) in [5.74, 6) is -2.45. The normalized spacial score (nSPS) is 18.9. The fraction of sp³-hybridized carbons (Fsp3) is 0.323. The monoisotopic (exact) mass is 588 g/mol. The zero-order chi connectivity index (χ0) is 30.7. The van der Waals surface area contributed by atoms with E-state index in [2.05, 4.69) is 16.0 Å². The van der Waals surface area contributed by atoms with E-state index in [0.29, 0.717) is 36.0 Å². The van der Waals surface area contributed by atoms with Crippen LogP contribution in [-0.4, -0.2) is 39.1 Å². The molecule has 3 aromatic rings. The number of aliphatic carboxylic acids is 1. The first-order valence-electron chi connectivity index (χ1n) is 13.6. The summed E-state index contributed by atoms with van der Waals surface area (Å²) in [6.45, 7) is 5.52. The van der Waals surface area contributed by atoms with Crippen molar-refractivity contribution in [2.45, 2.75) is 67.8 Å². The first-order chi connectivity index (χ1) is 20.0. The molecule has 0 spiro atoms. The van der Waals surface area contributed by atoms with Crippen molar-refractivity contribution in [2.75, 3.05) is 0 Å². The smallest absolute Gasteiger partial charge is 0.311 e. The van der Waals surface area contributed by atoms with Crippen molar-refractivity contribution in [3.8, 4) is 11.9 Å². The van der Waals surface area contributed by atoms with Crippen LogP contribution in [0.1, 0.15) is 68.6 Å². The number of carboxylic acids is 1. The van der Waals surface area contributed by atoms with Gasteiger partial charge >= 0.3 is 5.97 Å². The van der Waals surface area contributed by atoms with Gasteiger partial charge in [-0.15, -0.1) is 0 Å². The van der Waals surface area contributed by atoms with Gasteiger partial charge in [0.2, 0.25) is 20.6 Å². The topological polar surface area (TPSA) is 163 Å². The molecule has 11 heteroatoms. The number of carboxylic acid groups (broad SMARTS) is 1. The molecule has 2 N–H and O–H groups in total. The molecule has 0 fully saturated rings. The number of nitriles is 1. The van der Waals surface area contributed by atoms with Gasteiger partial charge in [-0.05, 0) is 42.2 Å². The maximum absolute atomic E-state index is 13.8. The molecule has 42 heavy (non-hydrogen) atoms. The van der Waals surface area contributed by atoms with E-state index in [4.69, 9.17) is 0 Å². The number of hydrogen-bond acceptors (Lipinski definition) is 8. The van der Waals surface area contributed by atoms with Crippen LogP contribution in [-0.2, 0) is 26.5 Å². The SMILES string of the molecule is CCCCc1nc(=O)c(S(=O)(=O)c2ccc(C3(C)C=CC=CC3C(=O)O)cn2)c(O)n1[C@@H](CC)c1cccc(C#N)c1. The van der Waals surface area contributed by atoms with Crippen LogP contribution in [0.25, 0.3) is 0 Å². The van der Waals surface area contributed by atoms with E-state index in [9.17, 15) is 33.5 Å². The molecule has 1 aliphatic rings. The largest absolute Gasteiger partial charge is 0.493 e. The highest BCUT2D eigenvalue weighted by molar-refractivity contribution is 7.91. The standard InChI is InChI=1S/C31H32N4O6S/c1-4-6-13-25-34-28(36)27(29(37)35(25)24(5-2)21-11-9-10-20(17-21)18-32)42(40,41)26-15-14-22(19-33-26)31(3)16-8-7-12-23(31)30(38)39/h7-12,14-17,19,23-24,37H,4-6,13H2,1-3H3,(H,38,39)/t23?,24-,31?/m0/s1. The van der Waals surface area contributed by atoms with Crippen molar-refractivity contribution in [2.24, 2.45) is 5.92 Å². The highest BCUT2D eigenvalue weighted by Gasteiger charge is 2.39. The predicted octanol–water partition coefficient (Wildman–Crippen LogP) is 4.47. The quantitative estimate of drug-likeness (QED) is 0.348. The minimum absolute atomic E-state index is 0.237. The Balaban J connectivity index is 1.86. The highest BCUT2D eigenvalue weighted by Crippen LogP contribution is 2.38. The number of carbonyl (C=O) groups is 1. The fourth-order valence-electron chi connectivity index (χ4n) is 5.32. The molecule has 0 bridgehead atoms. The van der Waals surface area contributed by atoms with Gasteiger partial charge in [0, 0.05) is 18.0 Å². The molecule has 2 aromatic heterocycles. The Morgan fingerprint density at radius 3 is 2.60 bits per heavy atom. The van der Waals surface area contributed by atoms with Gasteiger partial charge in [-0.3, -0.25) is 14.2 Å². The van der Waals surface area contributed by atoms with Gasteiger partial charge in [-0.2, -0.15) is 10.2 Å². The van der Waals surface area contributed by atoms with Crippen LogP contribution < -0.4 is 5.56 Å². The zero-order valence-electron chi connectivity index (χ0n) is 23.6. The Bertz CT molecular complexity index is 1770. The van der Waals surface area contributed by atoms with Gasteiger partial charge in [0.1, 0.15) is 5.82 Å².